The molecule has 0 bridgehead atoms. The third-order valence-electron chi connectivity index (χ3n) is 2.55. The number of pyridine rings is 1. The van der Waals surface area contributed by atoms with Crippen molar-refractivity contribution < 1.29 is 17.9 Å². The van der Waals surface area contributed by atoms with Crippen LogP contribution < -0.4 is 0 Å². The highest BCUT2D eigenvalue weighted by molar-refractivity contribution is 7.89. The predicted octanol–water partition coefficient (Wildman–Crippen LogP) is 0.366. The van der Waals surface area contributed by atoms with E-state index in [1.165, 1.54) is 12.3 Å². The molecule has 1 heterocycles. The minimum absolute atomic E-state index is 0.0248. The Balaban J connectivity index is 2.37. The number of sulfonamides is 1. The zero-order valence-corrected chi connectivity index (χ0v) is 9.90. The summed E-state index contributed by atoms with van der Waals surface area (Å²) < 4.78 is 38.8. The number of hydrogen-bond donors (Lipinski definition) is 1. The van der Waals surface area contributed by atoms with Crippen LogP contribution in [0.1, 0.15) is 12.8 Å². The van der Waals surface area contributed by atoms with Crippen LogP contribution in [-0.4, -0.2) is 42.0 Å². The van der Waals surface area contributed by atoms with E-state index in [-0.39, 0.29) is 19.2 Å². The van der Waals surface area contributed by atoms with Gasteiger partial charge in [0.25, 0.3) is 10.0 Å². The first-order valence-corrected chi connectivity index (χ1v) is 6.74. The molecule has 0 aliphatic heterocycles. The number of aliphatic hydroxyl groups excluding tert-OH is 1. The van der Waals surface area contributed by atoms with Crippen LogP contribution >= 0.6 is 0 Å². The maximum Gasteiger partial charge on any atom is 0.263 e. The second kappa shape index (κ2) is 4.67. The second-order valence-electron chi connectivity index (χ2n) is 3.86. The highest BCUT2D eigenvalue weighted by Gasteiger charge is 2.39. The van der Waals surface area contributed by atoms with Gasteiger partial charge in [-0.3, -0.25) is 0 Å². The van der Waals surface area contributed by atoms with Crippen LogP contribution in [0.4, 0.5) is 4.39 Å². The van der Waals surface area contributed by atoms with E-state index in [1.54, 1.807) is 0 Å². The van der Waals surface area contributed by atoms with Crippen molar-refractivity contribution in [3.8, 4) is 0 Å². The van der Waals surface area contributed by atoms with Crippen molar-refractivity contribution in [2.24, 2.45) is 0 Å². The van der Waals surface area contributed by atoms with Gasteiger partial charge in [-0.25, -0.2) is 17.8 Å². The summed E-state index contributed by atoms with van der Waals surface area (Å²) in [6, 6.07) is 2.26. The SMILES string of the molecule is O=S(=O)(c1ncccc1F)N(CCO)C1CC1. The molecule has 1 saturated carbocycles. The Hall–Kier alpha value is -1.05. The van der Waals surface area contributed by atoms with Gasteiger partial charge in [0.15, 0.2) is 5.82 Å². The van der Waals surface area contributed by atoms with E-state index in [0.717, 1.165) is 23.2 Å². The topological polar surface area (TPSA) is 70.5 Å². The molecular weight excluding hydrogens is 247 g/mol. The summed E-state index contributed by atoms with van der Waals surface area (Å²) >= 11 is 0. The monoisotopic (exact) mass is 260 g/mol. The Morgan fingerprint density at radius 2 is 2.24 bits per heavy atom. The average molecular weight is 260 g/mol. The Kier molecular flexibility index (Phi) is 3.41. The molecule has 0 atom stereocenters. The van der Waals surface area contributed by atoms with Gasteiger partial charge in [0.1, 0.15) is 0 Å². The zero-order valence-electron chi connectivity index (χ0n) is 9.08. The molecule has 1 aromatic heterocycles. The Morgan fingerprint density at radius 1 is 1.53 bits per heavy atom. The Bertz CT molecular complexity index is 502. The molecular formula is C10H13FN2O3S. The van der Waals surface area contributed by atoms with Crippen molar-refractivity contribution in [1.29, 1.82) is 0 Å². The molecule has 0 unspecified atom stereocenters. The molecule has 0 radical (unpaired) electrons. The summed E-state index contributed by atoms with van der Waals surface area (Å²) in [7, 11) is -3.94. The Labute approximate surface area is 99.0 Å². The van der Waals surface area contributed by atoms with Gasteiger partial charge in [0, 0.05) is 18.8 Å². The van der Waals surface area contributed by atoms with Gasteiger partial charge in [0.05, 0.1) is 6.61 Å². The van der Waals surface area contributed by atoms with Crippen molar-refractivity contribution in [3.63, 3.8) is 0 Å². The van der Waals surface area contributed by atoms with Gasteiger partial charge < -0.3 is 5.11 Å². The van der Waals surface area contributed by atoms with Crippen LogP contribution in [0.3, 0.4) is 0 Å². The third-order valence-corrected chi connectivity index (χ3v) is 4.44. The van der Waals surface area contributed by atoms with E-state index in [4.69, 9.17) is 5.11 Å². The van der Waals surface area contributed by atoms with Crippen molar-refractivity contribution in [3.05, 3.63) is 24.1 Å². The van der Waals surface area contributed by atoms with Gasteiger partial charge in [0.2, 0.25) is 5.03 Å². The fourth-order valence-electron chi connectivity index (χ4n) is 1.63. The molecule has 1 aliphatic carbocycles. The zero-order chi connectivity index (χ0) is 12.5. The van der Waals surface area contributed by atoms with E-state index in [0.29, 0.717) is 0 Å². The molecule has 0 amide bonds. The highest BCUT2D eigenvalue weighted by Crippen LogP contribution is 2.31. The summed E-state index contributed by atoms with van der Waals surface area (Å²) in [6.07, 6.45) is 2.72. The lowest BCUT2D eigenvalue weighted by Gasteiger charge is -2.20. The van der Waals surface area contributed by atoms with Crippen LogP contribution in [0.5, 0.6) is 0 Å². The number of hydrogen-bond acceptors (Lipinski definition) is 4. The van der Waals surface area contributed by atoms with Gasteiger partial charge in [-0.15, -0.1) is 0 Å². The van der Waals surface area contributed by atoms with Crippen LogP contribution in [0.15, 0.2) is 23.4 Å². The van der Waals surface area contributed by atoms with Crippen molar-refractivity contribution in [2.75, 3.05) is 13.2 Å². The normalized spacial score (nSPS) is 16.4. The minimum Gasteiger partial charge on any atom is -0.395 e. The smallest absolute Gasteiger partial charge is 0.263 e. The van der Waals surface area contributed by atoms with Crippen LogP contribution in [0.2, 0.25) is 0 Å². The fourth-order valence-corrected chi connectivity index (χ4v) is 3.29. The summed E-state index contributed by atoms with van der Waals surface area (Å²) in [5.74, 6) is -0.865. The maximum atomic E-state index is 13.4. The molecule has 0 spiro atoms. The lowest BCUT2D eigenvalue weighted by Crippen LogP contribution is -2.36. The largest absolute Gasteiger partial charge is 0.395 e. The summed E-state index contributed by atoms with van der Waals surface area (Å²) in [5, 5.41) is 8.30. The molecule has 5 nitrogen and oxygen atoms in total. The van der Waals surface area contributed by atoms with Gasteiger partial charge >= 0.3 is 0 Å². The maximum absolute atomic E-state index is 13.4. The highest BCUT2D eigenvalue weighted by atomic mass is 32.2. The standard InChI is InChI=1S/C10H13FN2O3S/c11-9-2-1-5-12-10(9)17(15,16)13(6-7-14)8-3-4-8/h1-2,5,8,14H,3-4,6-7H2. The quantitative estimate of drug-likeness (QED) is 0.830. The first kappa shape index (κ1) is 12.4. The van der Waals surface area contributed by atoms with Gasteiger partial charge in [-0.1, -0.05) is 0 Å². The fraction of sp³-hybridized carbons (Fsp3) is 0.500. The van der Waals surface area contributed by atoms with Gasteiger partial charge in [-0.05, 0) is 25.0 Å². The third kappa shape index (κ3) is 2.46. The van der Waals surface area contributed by atoms with E-state index < -0.39 is 20.9 Å². The molecule has 1 fully saturated rings. The average Bonchev–Trinajstić information content (AvgIpc) is 3.10. The van der Waals surface area contributed by atoms with E-state index in [9.17, 15) is 12.8 Å². The van der Waals surface area contributed by atoms with Crippen molar-refractivity contribution in [2.45, 2.75) is 23.9 Å². The van der Waals surface area contributed by atoms with E-state index >= 15 is 0 Å². The molecule has 2 rings (SSSR count). The number of aromatic nitrogens is 1. The summed E-state index contributed by atoms with van der Waals surface area (Å²) in [4.78, 5) is 3.58. The molecule has 1 aliphatic rings. The van der Waals surface area contributed by atoms with Gasteiger partial charge in [-0.2, -0.15) is 4.31 Å². The van der Waals surface area contributed by atoms with Crippen molar-refractivity contribution in [1.82, 2.24) is 9.29 Å². The molecule has 0 aromatic carbocycles. The van der Waals surface area contributed by atoms with Crippen molar-refractivity contribution >= 4 is 10.0 Å². The summed E-state index contributed by atoms with van der Waals surface area (Å²) in [5.41, 5.74) is 0. The first-order valence-electron chi connectivity index (χ1n) is 5.30. The minimum atomic E-state index is -3.94. The van der Waals surface area contributed by atoms with Crippen LogP contribution in [0.25, 0.3) is 0 Å². The Morgan fingerprint density at radius 3 is 2.76 bits per heavy atom. The molecule has 17 heavy (non-hydrogen) atoms. The number of rotatable bonds is 5. The summed E-state index contributed by atoms with van der Waals surface area (Å²) in [6.45, 7) is -0.312. The van der Waals surface area contributed by atoms with E-state index in [1.807, 2.05) is 0 Å². The lowest BCUT2D eigenvalue weighted by molar-refractivity contribution is 0.250. The first-order chi connectivity index (χ1) is 8.07. The molecule has 0 saturated heterocycles. The molecule has 94 valence electrons. The van der Waals surface area contributed by atoms with E-state index in [2.05, 4.69) is 4.98 Å². The molecule has 7 heteroatoms. The molecule has 1 aromatic rings. The number of nitrogens with zero attached hydrogens (tertiary/aromatic N) is 2. The number of halogens is 1. The van der Waals surface area contributed by atoms with Crippen LogP contribution in [-0.2, 0) is 10.0 Å². The van der Waals surface area contributed by atoms with Crippen LogP contribution in [0, 0.1) is 5.82 Å². The predicted molar refractivity (Wildman–Crippen MR) is 58.2 cm³/mol. The lowest BCUT2D eigenvalue weighted by atomic mass is 10.5. The molecule has 1 N–H and O–H groups in total. The second-order valence-corrected chi connectivity index (χ2v) is 5.67. The number of aliphatic hydroxyl groups is 1.